The van der Waals surface area contributed by atoms with Crippen molar-refractivity contribution in [3.05, 3.63) is 62.3 Å². The number of nitrogens with zero attached hydrogens (tertiary/aromatic N) is 3. The molecule has 0 unspecified atom stereocenters. The van der Waals surface area contributed by atoms with E-state index in [1.165, 1.54) is 14.1 Å². The molecule has 2 aromatic rings. The van der Waals surface area contributed by atoms with E-state index >= 15 is 0 Å². The molecule has 0 amide bonds. The number of benzene rings is 1. The first kappa shape index (κ1) is 17.4. The number of ketones is 1. The average molecular weight is 329 g/mol. The summed E-state index contributed by atoms with van der Waals surface area (Å²) in [5.74, 6) is -0.640. The van der Waals surface area contributed by atoms with Gasteiger partial charge in [-0.1, -0.05) is 37.3 Å². The fraction of sp³-hybridized carbons (Fsp3) is 0.294. The van der Waals surface area contributed by atoms with Gasteiger partial charge in [0.1, 0.15) is 12.1 Å². The lowest BCUT2D eigenvalue weighted by Gasteiger charge is -2.11. The Bertz CT molecular complexity index is 908. The monoisotopic (exact) mass is 329 g/mol. The van der Waals surface area contributed by atoms with Gasteiger partial charge in [0.2, 0.25) is 5.88 Å². The van der Waals surface area contributed by atoms with Crippen molar-refractivity contribution in [2.24, 2.45) is 19.1 Å². The lowest BCUT2D eigenvalue weighted by molar-refractivity contribution is 0.100. The number of hydrogen-bond acceptors (Lipinski definition) is 5. The number of carbonyl (C=O) groups excluding carboxylic acids is 1. The molecular weight excluding hydrogens is 310 g/mol. The molecule has 1 aromatic heterocycles. The van der Waals surface area contributed by atoms with Crippen LogP contribution in [-0.4, -0.2) is 32.3 Å². The minimum absolute atomic E-state index is 0.0528. The molecule has 7 nitrogen and oxygen atoms in total. The standard InChI is InChI=1S/C17H19N3O4/c1-4-12(18-10-13(21)11-8-6-5-7-9-11)14-15(22)19(2)17(24)20(3)16(14)23/h5-9,22H,4,10H2,1-3H3. The summed E-state index contributed by atoms with van der Waals surface area (Å²) < 4.78 is 1.88. The first-order chi connectivity index (χ1) is 11.4. The van der Waals surface area contributed by atoms with Gasteiger partial charge < -0.3 is 5.11 Å². The summed E-state index contributed by atoms with van der Waals surface area (Å²) in [7, 11) is 2.69. The van der Waals surface area contributed by atoms with E-state index in [9.17, 15) is 19.5 Å². The molecule has 0 saturated heterocycles. The minimum Gasteiger partial charge on any atom is -0.494 e. The van der Waals surface area contributed by atoms with E-state index in [0.717, 1.165) is 9.13 Å². The Balaban J connectivity index is 2.45. The topological polar surface area (TPSA) is 93.7 Å². The maximum absolute atomic E-state index is 12.3. The first-order valence-electron chi connectivity index (χ1n) is 7.49. The Kier molecular flexibility index (Phi) is 5.13. The van der Waals surface area contributed by atoms with Gasteiger partial charge in [-0.3, -0.25) is 23.7 Å². The van der Waals surface area contributed by atoms with E-state index < -0.39 is 17.1 Å². The molecule has 0 aliphatic carbocycles. The molecule has 0 spiro atoms. The van der Waals surface area contributed by atoms with E-state index in [-0.39, 0.29) is 23.6 Å². The molecule has 126 valence electrons. The molecular formula is C17H19N3O4. The summed E-state index contributed by atoms with van der Waals surface area (Å²) in [4.78, 5) is 40.4. The van der Waals surface area contributed by atoms with Crippen LogP contribution in [0.5, 0.6) is 5.88 Å². The smallest absolute Gasteiger partial charge is 0.333 e. The van der Waals surface area contributed by atoms with E-state index in [1.54, 1.807) is 31.2 Å². The van der Waals surface area contributed by atoms with Gasteiger partial charge in [0, 0.05) is 19.7 Å². The second-order valence-electron chi connectivity index (χ2n) is 5.31. The number of carbonyl (C=O) groups is 1. The predicted octanol–water partition coefficient (Wildman–Crippen LogP) is 0.872. The third-order valence-corrected chi connectivity index (χ3v) is 3.77. The fourth-order valence-electron chi connectivity index (χ4n) is 2.34. The van der Waals surface area contributed by atoms with E-state index in [4.69, 9.17) is 0 Å². The van der Waals surface area contributed by atoms with Crippen LogP contribution < -0.4 is 11.2 Å². The summed E-state index contributed by atoms with van der Waals surface area (Å²) in [6.07, 6.45) is 0.336. The van der Waals surface area contributed by atoms with Gasteiger partial charge in [0.05, 0.1) is 5.71 Å². The zero-order chi connectivity index (χ0) is 17.9. The molecule has 1 aromatic carbocycles. The van der Waals surface area contributed by atoms with Gasteiger partial charge in [-0.05, 0) is 6.42 Å². The highest BCUT2D eigenvalue weighted by Crippen LogP contribution is 2.12. The molecule has 0 saturated carbocycles. The SMILES string of the molecule is CCC(=NCC(=O)c1ccccc1)c1c(O)n(C)c(=O)n(C)c1=O. The Hall–Kier alpha value is -2.96. The van der Waals surface area contributed by atoms with Gasteiger partial charge in [-0.15, -0.1) is 0 Å². The van der Waals surface area contributed by atoms with Crippen LogP contribution in [0, 0.1) is 0 Å². The fourth-order valence-corrected chi connectivity index (χ4v) is 2.34. The molecule has 0 fully saturated rings. The number of rotatable bonds is 5. The Labute approximate surface area is 138 Å². The first-order valence-corrected chi connectivity index (χ1v) is 7.49. The normalized spacial score (nSPS) is 11.5. The predicted molar refractivity (Wildman–Crippen MR) is 91.1 cm³/mol. The van der Waals surface area contributed by atoms with Crippen LogP contribution in [0.25, 0.3) is 0 Å². The second kappa shape index (κ2) is 7.08. The molecule has 1 N–H and O–H groups in total. The van der Waals surface area contributed by atoms with Crippen molar-refractivity contribution >= 4 is 11.5 Å². The quantitative estimate of drug-likeness (QED) is 0.650. The molecule has 2 rings (SSSR count). The highest BCUT2D eigenvalue weighted by atomic mass is 16.3. The highest BCUT2D eigenvalue weighted by molar-refractivity contribution is 6.04. The summed E-state index contributed by atoms with van der Waals surface area (Å²) >= 11 is 0. The third kappa shape index (κ3) is 3.19. The molecule has 0 bridgehead atoms. The number of aliphatic imine (C=N–C) groups is 1. The molecule has 1 heterocycles. The van der Waals surface area contributed by atoms with Crippen molar-refractivity contribution in [3.63, 3.8) is 0 Å². The molecule has 24 heavy (non-hydrogen) atoms. The van der Waals surface area contributed by atoms with E-state index in [2.05, 4.69) is 4.99 Å². The van der Waals surface area contributed by atoms with E-state index in [1.807, 2.05) is 6.07 Å². The van der Waals surface area contributed by atoms with Crippen molar-refractivity contribution in [3.8, 4) is 5.88 Å². The van der Waals surface area contributed by atoms with Crippen LogP contribution in [0.3, 0.4) is 0 Å². The molecule has 0 atom stereocenters. The number of Topliss-reactive ketones (excluding diaryl/α,β-unsaturated/α-hetero) is 1. The van der Waals surface area contributed by atoms with Crippen molar-refractivity contribution < 1.29 is 9.90 Å². The lowest BCUT2D eigenvalue weighted by Crippen LogP contribution is -2.40. The zero-order valence-electron chi connectivity index (χ0n) is 13.8. The average Bonchev–Trinajstić information content (AvgIpc) is 2.61. The highest BCUT2D eigenvalue weighted by Gasteiger charge is 2.19. The summed E-state index contributed by atoms with van der Waals surface area (Å²) in [5.41, 5.74) is -0.509. The zero-order valence-corrected chi connectivity index (χ0v) is 13.8. The number of aromatic hydroxyl groups is 1. The Morgan fingerprint density at radius 1 is 1.12 bits per heavy atom. The Morgan fingerprint density at radius 3 is 2.33 bits per heavy atom. The Morgan fingerprint density at radius 2 is 1.75 bits per heavy atom. The molecule has 0 aliphatic rings. The summed E-state index contributed by atoms with van der Waals surface area (Å²) in [5, 5.41) is 10.2. The van der Waals surface area contributed by atoms with Crippen LogP contribution in [0.2, 0.25) is 0 Å². The van der Waals surface area contributed by atoms with Crippen molar-refractivity contribution in [2.75, 3.05) is 6.54 Å². The maximum atomic E-state index is 12.3. The van der Waals surface area contributed by atoms with Crippen LogP contribution in [-0.2, 0) is 14.1 Å². The maximum Gasteiger partial charge on any atom is 0.333 e. The van der Waals surface area contributed by atoms with Gasteiger partial charge in [0.25, 0.3) is 5.56 Å². The second-order valence-corrected chi connectivity index (χ2v) is 5.31. The van der Waals surface area contributed by atoms with Crippen molar-refractivity contribution in [1.82, 2.24) is 9.13 Å². The van der Waals surface area contributed by atoms with Crippen molar-refractivity contribution in [1.29, 1.82) is 0 Å². The van der Waals surface area contributed by atoms with E-state index in [0.29, 0.717) is 12.0 Å². The van der Waals surface area contributed by atoms with Gasteiger partial charge in [-0.25, -0.2) is 4.79 Å². The van der Waals surface area contributed by atoms with Crippen molar-refractivity contribution in [2.45, 2.75) is 13.3 Å². The summed E-state index contributed by atoms with van der Waals surface area (Å²) in [6.45, 7) is 1.62. The van der Waals surface area contributed by atoms with Gasteiger partial charge in [0.15, 0.2) is 5.78 Å². The van der Waals surface area contributed by atoms with Gasteiger partial charge >= 0.3 is 5.69 Å². The van der Waals surface area contributed by atoms with Crippen LogP contribution >= 0.6 is 0 Å². The number of aromatic nitrogens is 2. The lowest BCUT2D eigenvalue weighted by atomic mass is 10.1. The van der Waals surface area contributed by atoms with Gasteiger partial charge in [-0.2, -0.15) is 0 Å². The minimum atomic E-state index is -0.636. The third-order valence-electron chi connectivity index (χ3n) is 3.77. The molecule has 0 radical (unpaired) electrons. The molecule has 0 aliphatic heterocycles. The number of hydrogen-bond donors (Lipinski definition) is 1. The summed E-state index contributed by atoms with van der Waals surface area (Å²) in [6, 6.07) is 8.70. The van der Waals surface area contributed by atoms with Crippen LogP contribution in [0.15, 0.2) is 44.9 Å². The largest absolute Gasteiger partial charge is 0.494 e. The van der Waals surface area contributed by atoms with Crippen LogP contribution in [0.1, 0.15) is 29.3 Å². The van der Waals surface area contributed by atoms with Crippen LogP contribution in [0.4, 0.5) is 0 Å². The molecule has 7 heteroatoms.